The molecule has 8 heteroatoms. The van der Waals surface area contributed by atoms with Crippen molar-refractivity contribution in [2.75, 3.05) is 0 Å². The number of aryl methyl sites for hydroxylation is 1. The van der Waals surface area contributed by atoms with Gasteiger partial charge in [0, 0.05) is 29.3 Å². The van der Waals surface area contributed by atoms with Gasteiger partial charge in [-0.1, -0.05) is 18.2 Å². The first-order valence-electron chi connectivity index (χ1n) is 7.39. The number of halogens is 3. The van der Waals surface area contributed by atoms with Crippen LogP contribution < -0.4 is 0 Å². The summed E-state index contributed by atoms with van der Waals surface area (Å²) in [5, 5.41) is 0.830. The number of carbonyl (C=O) groups excluding carboxylic acids is 3. The SMILES string of the molecule is Cc1cc2cc(CC(=O)c3ccccc3C(F)(F)F)cnc2[nH]1.O=C=O. The third-order valence-corrected chi connectivity index (χ3v) is 3.56. The number of H-pyrrole nitrogens is 1. The Kier molecular flexibility index (Phi) is 5.69. The second kappa shape index (κ2) is 7.76. The highest BCUT2D eigenvalue weighted by molar-refractivity contribution is 5.99. The normalized spacial score (nSPS) is 10.8. The molecule has 2 aromatic heterocycles. The van der Waals surface area contributed by atoms with Gasteiger partial charge in [-0.15, -0.1) is 0 Å². The van der Waals surface area contributed by atoms with Crippen LogP contribution in [0.5, 0.6) is 0 Å². The molecule has 0 unspecified atom stereocenters. The molecule has 2 heterocycles. The number of alkyl halides is 3. The van der Waals surface area contributed by atoms with Crippen LogP contribution in [0.1, 0.15) is 27.2 Å². The van der Waals surface area contributed by atoms with Crippen molar-refractivity contribution < 1.29 is 27.6 Å². The van der Waals surface area contributed by atoms with Crippen molar-refractivity contribution in [1.29, 1.82) is 0 Å². The van der Waals surface area contributed by atoms with Crippen molar-refractivity contribution in [2.24, 2.45) is 0 Å². The number of Topliss-reactive ketones (excluding diaryl/α,β-unsaturated/α-hetero) is 1. The van der Waals surface area contributed by atoms with Gasteiger partial charge in [0.05, 0.1) is 5.56 Å². The summed E-state index contributed by atoms with van der Waals surface area (Å²) < 4.78 is 39.0. The van der Waals surface area contributed by atoms with Crippen LogP contribution in [0.15, 0.2) is 42.6 Å². The fourth-order valence-corrected chi connectivity index (χ4v) is 2.55. The number of pyridine rings is 1. The third-order valence-electron chi connectivity index (χ3n) is 3.56. The fraction of sp³-hybridized carbons (Fsp3) is 0.167. The summed E-state index contributed by atoms with van der Waals surface area (Å²) in [5.41, 5.74) is 0.980. The maximum absolute atomic E-state index is 13.0. The van der Waals surface area contributed by atoms with Crippen LogP contribution in [-0.2, 0) is 22.2 Å². The van der Waals surface area contributed by atoms with Crippen LogP contribution in [0.25, 0.3) is 11.0 Å². The molecule has 26 heavy (non-hydrogen) atoms. The van der Waals surface area contributed by atoms with Gasteiger partial charge >= 0.3 is 12.3 Å². The predicted octanol–water partition coefficient (Wildman–Crippen LogP) is 3.73. The Morgan fingerprint density at radius 1 is 1.19 bits per heavy atom. The second-order valence-corrected chi connectivity index (χ2v) is 5.46. The number of aromatic nitrogens is 2. The van der Waals surface area contributed by atoms with E-state index in [-0.39, 0.29) is 18.1 Å². The Bertz CT molecular complexity index is 971. The first-order chi connectivity index (χ1) is 12.3. The van der Waals surface area contributed by atoms with E-state index in [9.17, 15) is 18.0 Å². The zero-order chi connectivity index (χ0) is 19.3. The van der Waals surface area contributed by atoms with E-state index in [0.717, 1.165) is 17.1 Å². The van der Waals surface area contributed by atoms with Crippen LogP contribution >= 0.6 is 0 Å². The van der Waals surface area contributed by atoms with E-state index in [2.05, 4.69) is 9.97 Å². The lowest BCUT2D eigenvalue weighted by atomic mass is 9.98. The summed E-state index contributed by atoms with van der Waals surface area (Å²) in [5.74, 6) is -0.577. The zero-order valence-electron chi connectivity index (χ0n) is 13.6. The van der Waals surface area contributed by atoms with Gasteiger partial charge in [-0.2, -0.15) is 22.8 Å². The van der Waals surface area contributed by atoms with Gasteiger partial charge in [0.15, 0.2) is 5.78 Å². The molecule has 0 amide bonds. The topological polar surface area (TPSA) is 79.9 Å². The van der Waals surface area contributed by atoms with Gasteiger partial charge in [0.2, 0.25) is 0 Å². The van der Waals surface area contributed by atoms with E-state index in [1.807, 2.05) is 13.0 Å². The number of rotatable bonds is 3. The minimum atomic E-state index is -4.55. The molecular weight excluding hydrogens is 349 g/mol. The molecule has 0 aliphatic carbocycles. The molecule has 0 bridgehead atoms. The van der Waals surface area contributed by atoms with Gasteiger partial charge in [-0.3, -0.25) is 4.79 Å². The first kappa shape index (κ1) is 19.1. The smallest absolute Gasteiger partial charge is 0.344 e. The highest BCUT2D eigenvalue weighted by Crippen LogP contribution is 2.32. The summed E-state index contributed by atoms with van der Waals surface area (Å²) >= 11 is 0. The van der Waals surface area contributed by atoms with Gasteiger partial charge in [0.25, 0.3) is 0 Å². The van der Waals surface area contributed by atoms with Crippen molar-refractivity contribution in [3.63, 3.8) is 0 Å². The molecule has 1 N–H and O–H groups in total. The summed E-state index contributed by atoms with van der Waals surface area (Å²) in [6.45, 7) is 1.88. The lowest BCUT2D eigenvalue weighted by molar-refractivity contribution is -0.191. The summed E-state index contributed by atoms with van der Waals surface area (Å²) in [6, 6.07) is 8.47. The van der Waals surface area contributed by atoms with Crippen molar-refractivity contribution >= 4 is 23.0 Å². The highest BCUT2D eigenvalue weighted by Gasteiger charge is 2.34. The fourth-order valence-electron chi connectivity index (χ4n) is 2.55. The van der Waals surface area contributed by atoms with Gasteiger partial charge in [-0.05, 0) is 30.7 Å². The molecular formula is C18H13F3N2O3. The Morgan fingerprint density at radius 3 is 2.50 bits per heavy atom. The number of hydrogen-bond acceptors (Lipinski definition) is 4. The molecule has 134 valence electrons. The van der Waals surface area contributed by atoms with E-state index in [1.54, 1.807) is 6.07 Å². The Labute approximate surface area is 145 Å². The van der Waals surface area contributed by atoms with Crippen LogP contribution in [0.4, 0.5) is 13.2 Å². The molecule has 5 nitrogen and oxygen atoms in total. The lowest BCUT2D eigenvalue weighted by Crippen LogP contribution is -2.14. The van der Waals surface area contributed by atoms with E-state index in [4.69, 9.17) is 9.59 Å². The number of fused-ring (bicyclic) bond motifs is 1. The largest absolute Gasteiger partial charge is 0.417 e. The quantitative estimate of drug-likeness (QED) is 0.720. The minimum absolute atomic E-state index is 0.125. The van der Waals surface area contributed by atoms with E-state index in [1.165, 1.54) is 24.4 Å². The van der Waals surface area contributed by atoms with Crippen molar-refractivity contribution in [2.45, 2.75) is 19.5 Å². The molecule has 0 aliphatic rings. The number of benzene rings is 1. The summed E-state index contributed by atoms with van der Waals surface area (Å²) in [4.78, 5) is 35.8. The van der Waals surface area contributed by atoms with Crippen LogP contribution in [0.2, 0.25) is 0 Å². The molecule has 0 spiro atoms. The van der Waals surface area contributed by atoms with Gasteiger partial charge in [-0.25, -0.2) is 4.98 Å². The van der Waals surface area contributed by atoms with E-state index in [0.29, 0.717) is 11.2 Å². The number of nitrogens with one attached hydrogen (secondary N) is 1. The van der Waals surface area contributed by atoms with Gasteiger partial charge < -0.3 is 4.98 Å². The van der Waals surface area contributed by atoms with Crippen molar-refractivity contribution in [3.8, 4) is 0 Å². The molecule has 3 aromatic rings. The maximum atomic E-state index is 13.0. The van der Waals surface area contributed by atoms with Crippen LogP contribution in [-0.4, -0.2) is 21.9 Å². The highest BCUT2D eigenvalue weighted by atomic mass is 19.4. The number of hydrogen-bond donors (Lipinski definition) is 1. The van der Waals surface area contributed by atoms with E-state index >= 15 is 0 Å². The molecule has 0 saturated heterocycles. The lowest BCUT2D eigenvalue weighted by Gasteiger charge is -2.11. The second-order valence-electron chi connectivity index (χ2n) is 5.46. The number of ketones is 1. The monoisotopic (exact) mass is 362 g/mol. The average Bonchev–Trinajstić information content (AvgIpc) is 2.94. The Balaban J connectivity index is 0.000000758. The number of carbonyl (C=O) groups is 1. The van der Waals surface area contributed by atoms with Crippen molar-refractivity contribution in [1.82, 2.24) is 9.97 Å². The molecule has 0 radical (unpaired) electrons. The standard InChI is InChI=1S/C17H13F3N2O.CO2/c1-10-6-12-7-11(9-21-16(12)22-10)8-15(23)13-4-2-3-5-14(13)17(18,19)20;2-1-3/h2-7,9H,8H2,1H3,(H,21,22);. The molecule has 3 rings (SSSR count). The molecule has 0 saturated carbocycles. The average molecular weight is 362 g/mol. The number of aromatic amines is 1. The van der Waals surface area contributed by atoms with Crippen molar-refractivity contribution in [3.05, 3.63) is 65.0 Å². The predicted molar refractivity (Wildman–Crippen MR) is 85.3 cm³/mol. The van der Waals surface area contributed by atoms with E-state index < -0.39 is 17.5 Å². The van der Waals surface area contributed by atoms with Crippen LogP contribution in [0.3, 0.4) is 0 Å². The Hall–Kier alpha value is -3.25. The summed E-state index contributed by atoms with van der Waals surface area (Å²) in [6.07, 6.45) is -2.92. The number of nitrogens with zero attached hydrogens (tertiary/aromatic N) is 1. The Morgan fingerprint density at radius 2 is 1.85 bits per heavy atom. The first-order valence-corrected chi connectivity index (χ1v) is 7.39. The van der Waals surface area contributed by atoms with Crippen LogP contribution in [0, 0.1) is 6.92 Å². The summed E-state index contributed by atoms with van der Waals surface area (Å²) in [7, 11) is 0. The zero-order valence-corrected chi connectivity index (χ0v) is 13.6. The molecule has 0 atom stereocenters. The molecule has 1 aromatic carbocycles. The third kappa shape index (κ3) is 4.43. The minimum Gasteiger partial charge on any atom is -0.344 e. The maximum Gasteiger partial charge on any atom is 0.417 e. The molecule has 0 aliphatic heterocycles. The molecule has 0 fully saturated rings. The van der Waals surface area contributed by atoms with Gasteiger partial charge in [0.1, 0.15) is 5.65 Å².